The van der Waals surface area contributed by atoms with Gasteiger partial charge >= 0.3 is 0 Å². The summed E-state index contributed by atoms with van der Waals surface area (Å²) < 4.78 is 13.3. The minimum atomic E-state index is -0.259. The second kappa shape index (κ2) is 10.1. The summed E-state index contributed by atoms with van der Waals surface area (Å²) in [5, 5.41) is 0. The van der Waals surface area contributed by atoms with Crippen molar-refractivity contribution in [1.29, 1.82) is 0 Å². The van der Waals surface area contributed by atoms with E-state index in [2.05, 4.69) is 25.1 Å². The third-order valence-electron chi connectivity index (χ3n) is 6.41. The van der Waals surface area contributed by atoms with E-state index < -0.39 is 0 Å². The number of carbonyl (C=O) groups is 1. The summed E-state index contributed by atoms with van der Waals surface area (Å²) in [5.74, 6) is -0.204. The van der Waals surface area contributed by atoms with Gasteiger partial charge in [0.1, 0.15) is 5.82 Å². The summed E-state index contributed by atoms with van der Waals surface area (Å²) in [5.41, 5.74) is 6.58. The molecular formula is C28H31FN2O. The van der Waals surface area contributed by atoms with Crippen LogP contribution in [-0.2, 0) is 30.6 Å². The van der Waals surface area contributed by atoms with Crippen LogP contribution in [-0.4, -0.2) is 10.9 Å². The van der Waals surface area contributed by atoms with E-state index in [1.54, 1.807) is 12.1 Å². The van der Waals surface area contributed by atoms with E-state index in [4.69, 9.17) is 4.98 Å². The van der Waals surface area contributed by atoms with E-state index >= 15 is 0 Å². The summed E-state index contributed by atoms with van der Waals surface area (Å²) in [7, 11) is 0. The largest absolute Gasteiger partial charge is 0.306 e. The zero-order chi connectivity index (χ0) is 22.5. The number of halogens is 1. The first kappa shape index (κ1) is 22.2. The zero-order valence-corrected chi connectivity index (χ0v) is 19.0. The van der Waals surface area contributed by atoms with Gasteiger partial charge in [-0.25, -0.2) is 4.39 Å². The highest BCUT2D eigenvalue weighted by atomic mass is 19.1. The summed E-state index contributed by atoms with van der Waals surface area (Å²) in [6.07, 6.45) is 5.84. The lowest BCUT2D eigenvalue weighted by Gasteiger charge is -2.26. The Morgan fingerprint density at radius 2 is 1.72 bits per heavy atom. The average Bonchev–Trinajstić information content (AvgIpc) is 2.82. The molecule has 166 valence electrons. The Morgan fingerprint density at radius 1 is 1.00 bits per heavy atom. The number of aryl methyl sites for hydroxylation is 3. The first-order chi connectivity index (χ1) is 15.5. The van der Waals surface area contributed by atoms with Crippen LogP contribution >= 0.6 is 0 Å². The normalized spacial score (nSPS) is 14.0. The Hall–Kier alpha value is -3.01. The molecule has 1 atom stereocenters. The Balaban J connectivity index is 1.61. The fourth-order valence-corrected chi connectivity index (χ4v) is 4.47. The van der Waals surface area contributed by atoms with Crippen LogP contribution in [0.3, 0.4) is 0 Å². The number of fused-ring (bicyclic) bond motifs is 1. The fourth-order valence-electron chi connectivity index (χ4n) is 4.47. The molecule has 4 rings (SSSR count). The summed E-state index contributed by atoms with van der Waals surface area (Å²) in [6, 6.07) is 18.9. The quantitative estimate of drug-likeness (QED) is 0.435. The average molecular weight is 431 g/mol. The van der Waals surface area contributed by atoms with Crippen molar-refractivity contribution in [2.45, 2.75) is 64.8 Å². The predicted octanol–water partition coefficient (Wildman–Crippen LogP) is 6.39. The third-order valence-corrected chi connectivity index (χ3v) is 6.41. The molecule has 0 N–H and O–H groups in total. The SMILES string of the molecule is CCc1cccc(CN(C(=O)C[C@H](C)c2ccc(F)cc2)c2ccc3c(c2)CCCC3)n1. The molecule has 0 aliphatic heterocycles. The van der Waals surface area contributed by atoms with E-state index in [0.717, 1.165) is 41.9 Å². The molecule has 0 spiro atoms. The number of hydrogen-bond acceptors (Lipinski definition) is 2. The number of aromatic nitrogens is 1. The van der Waals surface area contributed by atoms with Gasteiger partial charge in [0.05, 0.1) is 12.2 Å². The lowest BCUT2D eigenvalue weighted by molar-refractivity contribution is -0.119. The second-order valence-corrected chi connectivity index (χ2v) is 8.77. The van der Waals surface area contributed by atoms with Crippen LogP contribution < -0.4 is 4.90 Å². The van der Waals surface area contributed by atoms with Crippen molar-refractivity contribution in [3.63, 3.8) is 0 Å². The number of nitrogens with zero attached hydrogens (tertiary/aromatic N) is 2. The van der Waals surface area contributed by atoms with E-state index in [0.29, 0.717) is 13.0 Å². The molecular weight excluding hydrogens is 399 g/mol. The molecule has 0 bridgehead atoms. The van der Waals surface area contributed by atoms with Crippen LogP contribution in [0.15, 0.2) is 60.7 Å². The molecule has 1 aromatic heterocycles. The highest BCUT2D eigenvalue weighted by molar-refractivity contribution is 5.93. The van der Waals surface area contributed by atoms with Crippen LogP contribution in [0.4, 0.5) is 10.1 Å². The summed E-state index contributed by atoms with van der Waals surface area (Å²) >= 11 is 0. The van der Waals surface area contributed by atoms with Gasteiger partial charge in [0.25, 0.3) is 0 Å². The van der Waals surface area contributed by atoms with E-state index in [1.165, 1.54) is 36.1 Å². The molecule has 2 aromatic carbocycles. The number of carbonyl (C=O) groups excluding carboxylic acids is 1. The number of anilines is 1. The van der Waals surface area contributed by atoms with Crippen molar-refractivity contribution in [2.75, 3.05) is 4.90 Å². The summed E-state index contributed by atoms with van der Waals surface area (Å²) in [4.78, 5) is 20.2. The zero-order valence-electron chi connectivity index (χ0n) is 19.0. The molecule has 0 unspecified atom stereocenters. The van der Waals surface area contributed by atoms with E-state index in [-0.39, 0.29) is 17.6 Å². The smallest absolute Gasteiger partial charge is 0.227 e. The van der Waals surface area contributed by atoms with E-state index in [9.17, 15) is 9.18 Å². The fraction of sp³-hybridized carbons (Fsp3) is 0.357. The predicted molar refractivity (Wildman–Crippen MR) is 127 cm³/mol. The molecule has 1 amide bonds. The molecule has 1 aliphatic rings. The molecule has 3 aromatic rings. The number of rotatable bonds is 7. The van der Waals surface area contributed by atoms with Gasteiger partial charge in [-0.1, -0.05) is 38.1 Å². The Morgan fingerprint density at radius 3 is 2.47 bits per heavy atom. The Bertz CT molecular complexity index is 1080. The molecule has 0 radical (unpaired) electrons. The lowest BCUT2D eigenvalue weighted by atomic mass is 9.91. The number of hydrogen-bond donors (Lipinski definition) is 0. The molecule has 0 saturated carbocycles. The maximum Gasteiger partial charge on any atom is 0.227 e. The number of pyridine rings is 1. The molecule has 32 heavy (non-hydrogen) atoms. The van der Waals surface area contributed by atoms with Crippen molar-refractivity contribution in [3.8, 4) is 0 Å². The molecule has 0 fully saturated rings. The van der Waals surface area contributed by atoms with Crippen molar-refractivity contribution < 1.29 is 9.18 Å². The van der Waals surface area contributed by atoms with Crippen molar-refractivity contribution in [3.05, 3.63) is 94.6 Å². The van der Waals surface area contributed by atoms with Crippen molar-refractivity contribution in [1.82, 2.24) is 4.98 Å². The van der Waals surface area contributed by atoms with Gasteiger partial charge in [0.2, 0.25) is 5.91 Å². The van der Waals surface area contributed by atoms with E-state index in [1.807, 2.05) is 30.0 Å². The standard InChI is InChI=1S/C28H31FN2O/c1-3-25-9-6-10-26(30-25)19-31(27-16-13-22-7-4-5-8-23(22)18-27)28(32)17-20(2)21-11-14-24(29)15-12-21/h6,9-16,18,20H,3-5,7-8,17,19H2,1-2H3/t20-/m0/s1. The van der Waals surface area contributed by atoms with Gasteiger partial charge in [-0.15, -0.1) is 0 Å². The Labute approximate surface area is 190 Å². The van der Waals surface area contributed by atoms with Crippen molar-refractivity contribution >= 4 is 11.6 Å². The monoisotopic (exact) mass is 430 g/mol. The first-order valence-corrected chi connectivity index (χ1v) is 11.7. The van der Waals surface area contributed by atoms with Crippen LogP contribution in [0.5, 0.6) is 0 Å². The maximum absolute atomic E-state index is 13.5. The van der Waals surface area contributed by atoms with Crippen LogP contribution in [0.25, 0.3) is 0 Å². The van der Waals surface area contributed by atoms with Gasteiger partial charge in [-0.05, 0) is 91.1 Å². The minimum Gasteiger partial charge on any atom is -0.306 e. The third kappa shape index (κ3) is 5.24. The minimum absolute atomic E-state index is 0.00170. The molecule has 4 heteroatoms. The highest BCUT2D eigenvalue weighted by Crippen LogP contribution is 2.29. The number of benzene rings is 2. The topological polar surface area (TPSA) is 33.2 Å². The Kier molecular flexibility index (Phi) is 6.99. The molecule has 0 saturated heterocycles. The summed E-state index contributed by atoms with van der Waals surface area (Å²) in [6.45, 7) is 4.55. The van der Waals surface area contributed by atoms with Crippen LogP contribution in [0, 0.1) is 5.82 Å². The number of amides is 1. The second-order valence-electron chi connectivity index (χ2n) is 8.77. The molecule has 3 nitrogen and oxygen atoms in total. The van der Waals surface area contributed by atoms with Crippen molar-refractivity contribution in [2.24, 2.45) is 0 Å². The maximum atomic E-state index is 13.5. The van der Waals surface area contributed by atoms with Crippen LogP contribution in [0.2, 0.25) is 0 Å². The molecule has 1 heterocycles. The first-order valence-electron chi connectivity index (χ1n) is 11.7. The van der Waals surface area contributed by atoms with Crippen LogP contribution in [0.1, 0.15) is 67.1 Å². The lowest BCUT2D eigenvalue weighted by Crippen LogP contribution is -2.32. The van der Waals surface area contributed by atoms with Gasteiger partial charge in [0.15, 0.2) is 0 Å². The molecule has 1 aliphatic carbocycles. The van der Waals surface area contributed by atoms with Gasteiger partial charge in [0, 0.05) is 17.8 Å². The van der Waals surface area contributed by atoms with Gasteiger partial charge < -0.3 is 4.90 Å². The van der Waals surface area contributed by atoms with Gasteiger partial charge in [-0.2, -0.15) is 0 Å². The highest BCUT2D eigenvalue weighted by Gasteiger charge is 2.22. The van der Waals surface area contributed by atoms with Gasteiger partial charge in [-0.3, -0.25) is 9.78 Å².